The molecule has 1 heterocycles. The third kappa shape index (κ3) is 4.29. The number of pyridine rings is 1. The van der Waals surface area contributed by atoms with E-state index in [1.54, 1.807) is 0 Å². The molecular formula is C17H20BrN3. The second-order valence-corrected chi connectivity index (χ2v) is 6.58. The summed E-state index contributed by atoms with van der Waals surface area (Å²) in [4.78, 5) is 6.67. The van der Waals surface area contributed by atoms with Crippen molar-refractivity contribution in [1.82, 2.24) is 10.3 Å². The molecule has 1 saturated carbocycles. The van der Waals surface area contributed by atoms with Crippen molar-refractivity contribution in [2.75, 3.05) is 11.9 Å². The molecule has 0 unspecified atom stereocenters. The van der Waals surface area contributed by atoms with Gasteiger partial charge in [-0.1, -0.05) is 28.1 Å². The minimum absolute atomic E-state index is 0.738. The van der Waals surface area contributed by atoms with Crippen molar-refractivity contribution < 1.29 is 0 Å². The summed E-state index contributed by atoms with van der Waals surface area (Å²) in [5, 5.41) is 3.54. The van der Waals surface area contributed by atoms with Gasteiger partial charge in [0.2, 0.25) is 0 Å². The van der Waals surface area contributed by atoms with Gasteiger partial charge < -0.3 is 10.2 Å². The molecule has 1 aromatic heterocycles. The fourth-order valence-corrected chi connectivity index (χ4v) is 2.54. The van der Waals surface area contributed by atoms with Gasteiger partial charge in [-0.2, -0.15) is 0 Å². The van der Waals surface area contributed by atoms with Crippen LogP contribution >= 0.6 is 15.9 Å². The summed E-state index contributed by atoms with van der Waals surface area (Å²) >= 11 is 3.47. The second kappa shape index (κ2) is 6.58. The van der Waals surface area contributed by atoms with E-state index < -0.39 is 0 Å². The largest absolute Gasteiger partial charge is 0.355 e. The van der Waals surface area contributed by atoms with Gasteiger partial charge in [0.1, 0.15) is 5.82 Å². The van der Waals surface area contributed by atoms with E-state index in [4.69, 9.17) is 0 Å². The molecule has 110 valence electrons. The van der Waals surface area contributed by atoms with Gasteiger partial charge in [0.15, 0.2) is 0 Å². The first-order chi connectivity index (χ1) is 10.2. The highest BCUT2D eigenvalue weighted by molar-refractivity contribution is 9.10. The number of rotatable bonds is 6. The summed E-state index contributed by atoms with van der Waals surface area (Å²) in [6, 6.07) is 13.4. The maximum atomic E-state index is 4.48. The molecule has 0 bridgehead atoms. The summed E-state index contributed by atoms with van der Waals surface area (Å²) < 4.78 is 1.11. The first-order valence-corrected chi connectivity index (χ1v) is 8.14. The lowest BCUT2D eigenvalue weighted by molar-refractivity contribution is 0.686. The molecule has 0 saturated heterocycles. The molecule has 2 aromatic rings. The number of nitrogens with zero attached hydrogens (tertiary/aromatic N) is 2. The third-order valence-corrected chi connectivity index (χ3v) is 4.23. The monoisotopic (exact) mass is 345 g/mol. The van der Waals surface area contributed by atoms with Crippen LogP contribution in [0.25, 0.3) is 0 Å². The quantitative estimate of drug-likeness (QED) is 0.864. The van der Waals surface area contributed by atoms with E-state index in [-0.39, 0.29) is 0 Å². The number of benzene rings is 1. The summed E-state index contributed by atoms with van der Waals surface area (Å²) in [6.45, 7) is 1.80. The van der Waals surface area contributed by atoms with Gasteiger partial charge in [-0.15, -0.1) is 0 Å². The van der Waals surface area contributed by atoms with Crippen molar-refractivity contribution in [1.29, 1.82) is 0 Å². The van der Waals surface area contributed by atoms with Crippen molar-refractivity contribution in [2.45, 2.75) is 32.0 Å². The SMILES string of the molecule is CN(Cc1ccc(Br)cc1)c1cc(CNC2CC2)ccn1. The molecule has 0 atom stereocenters. The molecule has 4 heteroatoms. The molecule has 0 amide bonds. The Kier molecular flexibility index (Phi) is 4.56. The molecule has 0 aliphatic heterocycles. The fourth-order valence-electron chi connectivity index (χ4n) is 2.27. The van der Waals surface area contributed by atoms with E-state index in [0.29, 0.717) is 0 Å². The van der Waals surface area contributed by atoms with Gasteiger partial charge in [0.25, 0.3) is 0 Å². The van der Waals surface area contributed by atoms with E-state index in [0.717, 1.165) is 29.4 Å². The third-order valence-electron chi connectivity index (χ3n) is 3.71. The Labute approximate surface area is 134 Å². The van der Waals surface area contributed by atoms with E-state index in [2.05, 4.69) is 74.6 Å². The Morgan fingerprint density at radius 2 is 1.95 bits per heavy atom. The lowest BCUT2D eigenvalue weighted by Crippen LogP contribution is -2.19. The Hall–Kier alpha value is -1.39. The van der Waals surface area contributed by atoms with Crippen molar-refractivity contribution in [3.05, 3.63) is 58.2 Å². The van der Waals surface area contributed by atoms with Crippen LogP contribution < -0.4 is 10.2 Å². The number of nitrogens with one attached hydrogen (secondary N) is 1. The maximum Gasteiger partial charge on any atom is 0.128 e. The van der Waals surface area contributed by atoms with Crippen LogP contribution in [0.4, 0.5) is 5.82 Å². The Morgan fingerprint density at radius 3 is 2.67 bits per heavy atom. The smallest absolute Gasteiger partial charge is 0.128 e. The molecule has 0 spiro atoms. The van der Waals surface area contributed by atoms with Gasteiger partial charge in [-0.25, -0.2) is 4.98 Å². The molecule has 3 nitrogen and oxygen atoms in total. The summed E-state index contributed by atoms with van der Waals surface area (Å²) in [5.74, 6) is 1.02. The highest BCUT2D eigenvalue weighted by Crippen LogP contribution is 2.20. The average molecular weight is 346 g/mol. The fraction of sp³-hybridized carbons (Fsp3) is 0.353. The van der Waals surface area contributed by atoms with Crippen LogP contribution in [0.3, 0.4) is 0 Å². The molecule has 1 aliphatic rings. The Bertz CT molecular complexity index is 593. The number of halogens is 1. The minimum Gasteiger partial charge on any atom is -0.355 e. The molecule has 3 rings (SSSR count). The van der Waals surface area contributed by atoms with E-state index >= 15 is 0 Å². The first kappa shape index (κ1) is 14.5. The zero-order valence-electron chi connectivity index (χ0n) is 12.2. The van der Waals surface area contributed by atoms with Crippen molar-refractivity contribution in [2.24, 2.45) is 0 Å². The molecule has 0 radical (unpaired) electrons. The summed E-state index contributed by atoms with van der Waals surface area (Å²) in [5.41, 5.74) is 2.58. The van der Waals surface area contributed by atoms with Crippen LogP contribution in [-0.4, -0.2) is 18.1 Å². The molecule has 21 heavy (non-hydrogen) atoms. The van der Waals surface area contributed by atoms with Gasteiger partial charge in [-0.05, 0) is 48.2 Å². The highest BCUT2D eigenvalue weighted by Gasteiger charge is 2.20. The number of hydrogen-bond donors (Lipinski definition) is 1. The van der Waals surface area contributed by atoms with Crippen molar-refractivity contribution in [3.8, 4) is 0 Å². The van der Waals surface area contributed by atoms with Crippen LogP contribution in [0.5, 0.6) is 0 Å². The lowest BCUT2D eigenvalue weighted by Gasteiger charge is -2.19. The molecule has 1 aromatic carbocycles. The molecular weight excluding hydrogens is 326 g/mol. The van der Waals surface area contributed by atoms with Crippen LogP contribution in [0.15, 0.2) is 47.1 Å². The molecule has 1 N–H and O–H groups in total. The Balaban J connectivity index is 1.63. The predicted molar refractivity (Wildman–Crippen MR) is 90.3 cm³/mol. The Morgan fingerprint density at radius 1 is 1.19 bits per heavy atom. The minimum atomic E-state index is 0.738. The molecule has 1 aliphatic carbocycles. The van der Waals surface area contributed by atoms with Crippen LogP contribution in [0.2, 0.25) is 0 Å². The van der Waals surface area contributed by atoms with Crippen LogP contribution in [0.1, 0.15) is 24.0 Å². The highest BCUT2D eigenvalue weighted by atomic mass is 79.9. The number of hydrogen-bond acceptors (Lipinski definition) is 3. The van der Waals surface area contributed by atoms with Crippen molar-refractivity contribution >= 4 is 21.7 Å². The molecule has 1 fully saturated rings. The van der Waals surface area contributed by atoms with Gasteiger partial charge in [-0.3, -0.25) is 0 Å². The van der Waals surface area contributed by atoms with E-state index in [9.17, 15) is 0 Å². The first-order valence-electron chi connectivity index (χ1n) is 7.34. The van der Waals surface area contributed by atoms with Crippen LogP contribution in [0, 0.1) is 0 Å². The van der Waals surface area contributed by atoms with E-state index in [1.807, 2.05) is 6.20 Å². The van der Waals surface area contributed by atoms with E-state index in [1.165, 1.54) is 24.0 Å². The zero-order chi connectivity index (χ0) is 14.7. The van der Waals surface area contributed by atoms with Gasteiger partial charge in [0.05, 0.1) is 0 Å². The average Bonchev–Trinajstić information content (AvgIpc) is 3.32. The van der Waals surface area contributed by atoms with Gasteiger partial charge in [0, 0.05) is 36.8 Å². The van der Waals surface area contributed by atoms with Crippen molar-refractivity contribution in [3.63, 3.8) is 0 Å². The number of aromatic nitrogens is 1. The van der Waals surface area contributed by atoms with Crippen LogP contribution in [-0.2, 0) is 13.1 Å². The summed E-state index contributed by atoms with van der Waals surface area (Å²) in [7, 11) is 2.09. The lowest BCUT2D eigenvalue weighted by atomic mass is 10.2. The second-order valence-electron chi connectivity index (χ2n) is 5.66. The predicted octanol–water partition coefficient (Wildman–Crippen LogP) is 3.73. The van der Waals surface area contributed by atoms with Gasteiger partial charge >= 0.3 is 0 Å². The zero-order valence-corrected chi connectivity index (χ0v) is 13.8. The normalized spacial score (nSPS) is 14.2. The number of anilines is 1. The summed E-state index contributed by atoms with van der Waals surface area (Å²) in [6.07, 6.45) is 4.54. The topological polar surface area (TPSA) is 28.2 Å². The maximum absolute atomic E-state index is 4.48. The standard InChI is InChI=1S/C17H20BrN3/c1-21(12-13-2-4-15(18)5-3-13)17-10-14(8-9-19-17)11-20-16-6-7-16/h2-5,8-10,16,20H,6-7,11-12H2,1H3.